The van der Waals surface area contributed by atoms with Crippen molar-refractivity contribution >= 4 is 0 Å². The molecule has 2 aromatic rings. The number of methoxy groups -OCH3 is 2. The Balaban J connectivity index is 2.31. The lowest BCUT2D eigenvalue weighted by molar-refractivity contribution is 0.162. The number of rotatable bonds is 6. The fraction of sp³-hybridized carbons (Fsp3) is 0.375. The average Bonchev–Trinajstić information content (AvgIpc) is 2.90. The van der Waals surface area contributed by atoms with Gasteiger partial charge in [0.2, 0.25) is 0 Å². The van der Waals surface area contributed by atoms with Crippen molar-refractivity contribution in [3.8, 4) is 5.75 Å². The Hall–Kier alpha value is -1.78. The fourth-order valence-electron chi connectivity index (χ4n) is 2.26. The second kappa shape index (κ2) is 6.59. The molecule has 108 valence electrons. The summed E-state index contributed by atoms with van der Waals surface area (Å²) in [6.45, 7) is 2.51. The zero-order valence-electron chi connectivity index (χ0n) is 12.4. The Morgan fingerprint density at radius 2 is 2.00 bits per heavy atom. The van der Waals surface area contributed by atoms with Crippen molar-refractivity contribution in [2.24, 2.45) is 0 Å². The van der Waals surface area contributed by atoms with E-state index in [1.165, 1.54) is 0 Å². The number of furan rings is 1. The van der Waals surface area contributed by atoms with Gasteiger partial charge >= 0.3 is 0 Å². The van der Waals surface area contributed by atoms with Crippen LogP contribution >= 0.6 is 0 Å². The first-order chi connectivity index (χ1) is 9.69. The van der Waals surface area contributed by atoms with E-state index in [9.17, 15) is 0 Å². The van der Waals surface area contributed by atoms with E-state index in [0.29, 0.717) is 6.61 Å². The standard InChI is InChI=1S/C16H21NO3/c1-11-5-6-12(9-15(11)19-4)16(17-2)14-8-7-13(20-14)10-18-3/h5-9,16-17H,10H2,1-4H3. The van der Waals surface area contributed by atoms with Crippen molar-refractivity contribution in [2.75, 3.05) is 21.3 Å². The molecule has 4 nitrogen and oxygen atoms in total. The molecule has 0 saturated carbocycles. The van der Waals surface area contributed by atoms with Crippen LogP contribution < -0.4 is 10.1 Å². The first-order valence-corrected chi connectivity index (χ1v) is 6.59. The molecule has 0 aliphatic carbocycles. The largest absolute Gasteiger partial charge is 0.496 e. The summed E-state index contributed by atoms with van der Waals surface area (Å²) in [6, 6.07) is 10.1. The lowest BCUT2D eigenvalue weighted by atomic mass is 10.0. The van der Waals surface area contributed by atoms with E-state index in [0.717, 1.165) is 28.4 Å². The smallest absolute Gasteiger partial charge is 0.129 e. The molecule has 1 N–H and O–H groups in total. The fourth-order valence-corrected chi connectivity index (χ4v) is 2.26. The second-order valence-electron chi connectivity index (χ2n) is 4.69. The molecule has 1 aromatic carbocycles. The zero-order valence-corrected chi connectivity index (χ0v) is 12.4. The number of hydrogen-bond acceptors (Lipinski definition) is 4. The summed E-state index contributed by atoms with van der Waals surface area (Å²) in [5, 5.41) is 3.27. The number of hydrogen-bond donors (Lipinski definition) is 1. The summed E-state index contributed by atoms with van der Waals surface area (Å²) >= 11 is 0. The Kier molecular flexibility index (Phi) is 4.82. The van der Waals surface area contributed by atoms with E-state index in [1.807, 2.05) is 32.2 Å². The Morgan fingerprint density at radius 3 is 2.65 bits per heavy atom. The molecule has 0 saturated heterocycles. The van der Waals surface area contributed by atoms with Crippen LogP contribution in [-0.4, -0.2) is 21.3 Å². The highest BCUT2D eigenvalue weighted by atomic mass is 16.5. The quantitative estimate of drug-likeness (QED) is 0.880. The number of aryl methyl sites for hydroxylation is 1. The Labute approximate surface area is 119 Å². The predicted molar refractivity (Wildman–Crippen MR) is 78.1 cm³/mol. The lowest BCUT2D eigenvalue weighted by Crippen LogP contribution is -2.17. The maximum atomic E-state index is 5.81. The molecule has 1 unspecified atom stereocenters. The number of nitrogens with one attached hydrogen (secondary N) is 1. The van der Waals surface area contributed by atoms with E-state index >= 15 is 0 Å². The molecular formula is C16H21NO3. The van der Waals surface area contributed by atoms with Crippen molar-refractivity contribution in [1.82, 2.24) is 5.32 Å². The molecule has 0 fully saturated rings. The highest BCUT2D eigenvalue weighted by molar-refractivity contribution is 5.40. The van der Waals surface area contributed by atoms with Gasteiger partial charge in [-0.2, -0.15) is 0 Å². The molecular weight excluding hydrogens is 254 g/mol. The van der Waals surface area contributed by atoms with Crippen molar-refractivity contribution in [3.63, 3.8) is 0 Å². The lowest BCUT2D eigenvalue weighted by Gasteiger charge is -2.16. The number of ether oxygens (including phenoxy) is 2. The normalized spacial score (nSPS) is 12.4. The van der Waals surface area contributed by atoms with Gasteiger partial charge in [0.25, 0.3) is 0 Å². The van der Waals surface area contributed by atoms with Gasteiger partial charge in [-0.1, -0.05) is 12.1 Å². The van der Waals surface area contributed by atoms with Gasteiger partial charge in [0.05, 0.1) is 13.2 Å². The van der Waals surface area contributed by atoms with Crippen LogP contribution in [0.3, 0.4) is 0 Å². The Morgan fingerprint density at radius 1 is 1.20 bits per heavy atom. The van der Waals surface area contributed by atoms with Gasteiger partial charge in [-0.25, -0.2) is 0 Å². The highest BCUT2D eigenvalue weighted by Crippen LogP contribution is 2.28. The van der Waals surface area contributed by atoms with Gasteiger partial charge in [-0.15, -0.1) is 0 Å². The summed E-state index contributed by atoms with van der Waals surface area (Å²) in [5.41, 5.74) is 2.22. The minimum atomic E-state index is -0.00453. The van der Waals surface area contributed by atoms with E-state index in [1.54, 1.807) is 14.2 Å². The molecule has 4 heteroatoms. The summed E-state index contributed by atoms with van der Waals surface area (Å²) in [5.74, 6) is 2.57. The maximum Gasteiger partial charge on any atom is 0.129 e. The minimum absolute atomic E-state index is 0.00453. The molecule has 0 spiro atoms. The Bertz CT molecular complexity index is 563. The van der Waals surface area contributed by atoms with Gasteiger partial charge in [0.1, 0.15) is 23.9 Å². The third-order valence-electron chi connectivity index (χ3n) is 3.31. The van der Waals surface area contributed by atoms with Gasteiger partial charge in [0.15, 0.2) is 0 Å². The van der Waals surface area contributed by atoms with Crippen LogP contribution in [0.1, 0.15) is 28.7 Å². The van der Waals surface area contributed by atoms with Crippen molar-refractivity contribution in [2.45, 2.75) is 19.6 Å². The van der Waals surface area contributed by atoms with Gasteiger partial charge < -0.3 is 19.2 Å². The van der Waals surface area contributed by atoms with E-state index in [-0.39, 0.29) is 6.04 Å². The van der Waals surface area contributed by atoms with E-state index in [2.05, 4.69) is 17.4 Å². The molecule has 1 aromatic heterocycles. The molecule has 20 heavy (non-hydrogen) atoms. The summed E-state index contributed by atoms with van der Waals surface area (Å²) in [4.78, 5) is 0. The van der Waals surface area contributed by atoms with Gasteiger partial charge in [-0.05, 0) is 43.3 Å². The third-order valence-corrected chi connectivity index (χ3v) is 3.31. The zero-order chi connectivity index (χ0) is 14.5. The third kappa shape index (κ3) is 3.03. The van der Waals surface area contributed by atoms with Crippen molar-refractivity contribution < 1.29 is 13.9 Å². The van der Waals surface area contributed by atoms with Crippen molar-refractivity contribution in [3.05, 3.63) is 53.0 Å². The first-order valence-electron chi connectivity index (χ1n) is 6.59. The van der Waals surface area contributed by atoms with Crippen LogP contribution in [0.4, 0.5) is 0 Å². The summed E-state index contributed by atoms with van der Waals surface area (Å²) in [7, 11) is 5.25. The van der Waals surface area contributed by atoms with Crippen LogP contribution in [0, 0.1) is 6.92 Å². The highest BCUT2D eigenvalue weighted by Gasteiger charge is 2.17. The molecule has 0 aliphatic rings. The van der Waals surface area contributed by atoms with Crippen LogP contribution in [0.2, 0.25) is 0 Å². The van der Waals surface area contributed by atoms with E-state index < -0.39 is 0 Å². The molecule has 1 heterocycles. The predicted octanol–water partition coefficient (Wildman–Crippen LogP) is 3.05. The van der Waals surface area contributed by atoms with Gasteiger partial charge in [-0.3, -0.25) is 0 Å². The number of benzene rings is 1. The molecule has 2 rings (SSSR count). The SMILES string of the molecule is CNC(c1ccc(C)c(OC)c1)c1ccc(COC)o1. The molecule has 0 bridgehead atoms. The van der Waals surface area contributed by atoms with Crippen LogP contribution in [0.15, 0.2) is 34.7 Å². The summed E-state index contributed by atoms with van der Waals surface area (Å²) < 4.78 is 16.3. The molecule has 1 atom stereocenters. The molecule has 0 aliphatic heterocycles. The average molecular weight is 275 g/mol. The van der Waals surface area contributed by atoms with Crippen molar-refractivity contribution in [1.29, 1.82) is 0 Å². The molecule has 0 radical (unpaired) electrons. The summed E-state index contributed by atoms with van der Waals surface area (Å²) in [6.07, 6.45) is 0. The minimum Gasteiger partial charge on any atom is -0.496 e. The second-order valence-corrected chi connectivity index (χ2v) is 4.69. The monoisotopic (exact) mass is 275 g/mol. The maximum absolute atomic E-state index is 5.81. The first kappa shape index (κ1) is 14.6. The topological polar surface area (TPSA) is 43.6 Å². The molecule has 0 amide bonds. The van der Waals surface area contributed by atoms with Gasteiger partial charge in [0, 0.05) is 7.11 Å². The van der Waals surface area contributed by atoms with Crippen LogP contribution in [0.5, 0.6) is 5.75 Å². The van der Waals surface area contributed by atoms with E-state index in [4.69, 9.17) is 13.9 Å². The van der Waals surface area contributed by atoms with Crippen LogP contribution in [0.25, 0.3) is 0 Å². The van der Waals surface area contributed by atoms with Crippen LogP contribution in [-0.2, 0) is 11.3 Å².